The number of aromatic nitrogens is 1. The molecule has 0 radical (unpaired) electrons. The molecular formula is C4H5NO3. The van der Waals surface area contributed by atoms with Crippen molar-refractivity contribution in [1.29, 1.82) is 0 Å². The van der Waals surface area contributed by atoms with Crippen molar-refractivity contribution in [3.63, 3.8) is 0 Å². The monoisotopic (exact) mass is 115 g/mol. The largest absolute Gasteiger partial charge is 0.506 e. The quantitative estimate of drug-likeness (QED) is 0.421. The fourth-order valence-corrected chi connectivity index (χ4v) is 0.427. The molecule has 0 saturated carbocycles. The van der Waals surface area contributed by atoms with E-state index in [1.54, 1.807) is 0 Å². The van der Waals surface area contributed by atoms with Gasteiger partial charge in [-0.1, -0.05) is 0 Å². The van der Waals surface area contributed by atoms with E-state index in [0.717, 1.165) is 12.3 Å². The van der Waals surface area contributed by atoms with Crippen molar-refractivity contribution >= 4 is 0 Å². The zero-order valence-corrected chi connectivity index (χ0v) is 3.94. The fourth-order valence-electron chi connectivity index (χ4n) is 0.427. The third-order valence-corrected chi connectivity index (χ3v) is 0.766. The van der Waals surface area contributed by atoms with Crippen molar-refractivity contribution in [2.45, 2.75) is 0 Å². The summed E-state index contributed by atoms with van der Waals surface area (Å²) in [6.45, 7) is 0. The Kier molecular flexibility index (Phi) is 0.802. The molecule has 0 aliphatic carbocycles. The fraction of sp³-hybridized carbons (Fsp3) is 0. The molecule has 4 heteroatoms. The van der Waals surface area contributed by atoms with Crippen LogP contribution in [-0.2, 0) is 0 Å². The molecule has 0 fully saturated rings. The number of hydrogen-bond donors (Lipinski definition) is 3. The summed E-state index contributed by atoms with van der Waals surface area (Å²) in [4.78, 5) is 0. The van der Waals surface area contributed by atoms with Gasteiger partial charge in [-0.15, -0.1) is 0 Å². The molecule has 0 saturated heterocycles. The maximum Gasteiger partial charge on any atom is 0.228 e. The number of nitrogens with zero attached hydrogens (tertiary/aromatic N) is 1. The summed E-state index contributed by atoms with van der Waals surface area (Å²) in [5, 5.41) is 25.4. The Morgan fingerprint density at radius 2 is 2.00 bits per heavy atom. The van der Waals surface area contributed by atoms with Crippen molar-refractivity contribution in [3.8, 4) is 11.6 Å². The predicted molar refractivity (Wildman–Crippen MR) is 24.9 cm³/mol. The van der Waals surface area contributed by atoms with Crippen LogP contribution < -0.4 is 0 Å². The summed E-state index contributed by atoms with van der Waals surface area (Å²) in [5.74, 6) is -0.535. The minimum atomic E-state index is -0.373. The first-order valence-electron chi connectivity index (χ1n) is 2.00. The summed E-state index contributed by atoms with van der Waals surface area (Å²) in [5.41, 5.74) is 0. The van der Waals surface area contributed by atoms with E-state index in [2.05, 4.69) is 0 Å². The molecule has 0 aliphatic rings. The van der Waals surface area contributed by atoms with Crippen LogP contribution in [0.5, 0.6) is 11.6 Å². The van der Waals surface area contributed by atoms with E-state index < -0.39 is 0 Å². The molecule has 3 N–H and O–H groups in total. The average molecular weight is 115 g/mol. The van der Waals surface area contributed by atoms with Gasteiger partial charge < -0.3 is 15.4 Å². The molecule has 0 amide bonds. The van der Waals surface area contributed by atoms with Crippen LogP contribution in [0.2, 0.25) is 0 Å². The molecular weight excluding hydrogens is 110 g/mol. The lowest BCUT2D eigenvalue weighted by Gasteiger charge is -1.86. The highest BCUT2D eigenvalue weighted by Gasteiger charge is 1.97. The second-order valence-corrected chi connectivity index (χ2v) is 1.40. The molecule has 0 atom stereocenters. The van der Waals surface area contributed by atoms with Crippen molar-refractivity contribution in [3.05, 3.63) is 12.3 Å². The van der Waals surface area contributed by atoms with E-state index in [4.69, 9.17) is 15.4 Å². The van der Waals surface area contributed by atoms with Crippen LogP contribution in [0.1, 0.15) is 0 Å². The van der Waals surface area contributed by atoms with Gasteiger partial charge in [-0.2, -0.15) is 4.73 Å². The Morgan fingerprint density at radius 1 is 1.38 bits per heavy atom. The van der Waals surface area contributed by atoms with Gasteiger partial charge in [0.2, 0.25) is 5.88 Å². The van der Waals surface area contributed by atoms with Crippen LogP contribution in [0.4, 0.5) is 0 Å². The molecule has 0 aliphatic heterocycles. The van der Waals surface area contributed by atoms with Crippen molar-refractivity contribution < 1.29 is 15.4 Å². The standard InChI is InChI=1S/C4H5NO3/c6-3-1-4(7)5(8)2-3/h1-2,6-8H. The maximum atomic E-state index is 8.49. The lowest BCUT2D eigenvalue weighted by atomic mass is 10.6. The molecule has 4 nitrogen and oxygen atoms in total. The number of aromatic hydroxyl groups is 2. The Balaban J connectivity index is 3.14. The molecule has 0 unspecified atom stereocenters. The second-order valence-electron chi connectivity index (χ2n) is 1.40. The Hall–Kier alpha value is -1.32. The summed E-state index contributed by atoms with van der Waals surface area (Å²) >= 11 is 0. The van der Waals surface area contributed by atoms with E-state index in [1.165, 1.54) is 0 Å². The minimum absolute atomic E-state index is 0.162. The predicted octanol–water partition coefficient (Wildman–Crippen LogP) is 0.137. The van der Waals surface area contributed by atoms with Gasteiger partial charge in [0.15, 0.2) is 0 Å². The zero-order valence-electron chi connectivity index (χ0n) is 3.94. The van der Waals surface area contributed by atoms with Gasteiger partial charge in [0, 0.05) is 6.07 Å². The van der Waals surface area contributed by atoms with Crippen LogP contribution in [0.3, 0.4) is 0 Å². The zero-order chi connectivity index (χ0) is 6.15. The van der Waals surface area contributed by atoms with Gasteiger partial charge in [0.1, 0.15) is 5.75 Å². The molecule has 1 heterocycles. The van der Waals surface area contributed by atoms with Gasteiger partial charge in [-0.3, -0.25) is 0 Å². The molecule has 8 heavy (non-hydrogen) atoms. The Bertz CT molecular complexity index is 174. The molecule has 1 rings (SSSR count). The maximum absolute atomic E-state index is 8.49. The first kappa shape index (κ1) is 4.83. The van der Waals surface area contributed by atoms with Crippen LogP contribution in [-0.4, -0.2) is 20.2 Å². The SMILES string of the molecule is Oc1cc(O)n(O)c1. The molecule has 1 aromatic heterocycles. The molecule has 1 aromatic rings. The van der Waals surface area contributed by atoms with Crippen LogP contribution in [0.25, 0.3) is 0 Å². The van der Waals surface area contributed by atoms with Gasteiger partial charge in [-0.05, 0) is 0 Å². The minimum Gasteiger partial charge on any atom is -0.506 e. The highest BCUT2D eigenvalue weighted by Crippen LogP contribution is 2.17. The van der Waals surface area contributed by atoms with Crippen molar-refractivity contribution in [1.82, 2.24) is 4.73 Å². The smallest absolute Gasteiger partial charge is 0.228 e. The van der Waals surface area contributed by atoms with E-state index >= 15 is 0 Å². The van der Waals surface area contributed by atoms with Gasteiger partial charge in [0.25, 0.3) is 0 Å². The summed E-state index contributed by atoms with van der Waals surface area (Å²) in [6.07, 6.45) is 0.981. The normalized spacial score (nSPS) is 9.50. The van der Waals surface area contributed by atoms with Gasteiger partial charge >= 0.3 is 0 Å². The Labute approximate surface area is 45.2 Å². The average Bonchev–Trinajstić information content (AvgIpc) is 1.85. The van der Waals surface area contributed by atoms with Crippen LogP contribution in [0.15, 0.2) is 12.3 Å². The van der Waals surface area contributed by atoms with E-state index in [1.807, 2.05) is 0 Å². The third kappa shape index (κ3) is 0.556. The van der Waals surface area contributed by atoms with E-state index in [0.29, 0.717) is 4.73 Å². The lowest BCUT2D eigenvalue weighted by Crippen LogP contribution is -1.82. The molecule has 0 aromatic carbocycles. The van der Waals surface area contributed by atoms with E-state index in [9.17, 15) is 0 Å². The van der Waals surface area contributed by atoms with Crippen molar-refractivity contribution in [2.75, 3.05) is 0 Å². The second kappa shape index (κ2) is 1.33. The number of hydrogen-bond acceptors (Lipinski definition) is 3. The third-order valence-electron chi connectivity index (χ3n) is 0.766. The first-order valence-corrected chi connectivity index (χ1v) is 2.00. The lowest BCUT2D eigenvalue weighted by molar-refractivity contribution is 0.155. The molecule has 0 spiro atoms. The highest BCUT2D eigenvalue weighted by atomic mass is 16.5. The number of rotatable bonds is 0. The van der Waals surface area contributed by atoms with Gasteiger partial charge in [-0.25, -0.2) is 0 Å². The Morgan fingerprint density at radius 3 is 2.12 bits per heavy atom. The van der Waals surface area contributed by atoms with Crippen molar-refractivity contribution in [2.24, 2.45) is 0 Å². The highest BCUT2D eigenvalue weighted by molar-refractivity contribution is 5.25. The van der Waals surface area contributed by atoms with E-state index in [-0.39, 0.29) is 11.6 Å². The van der Waals surface area contributed by atoms with Gasteiger partial charge in [0.05, 0.1) is 6.20 Å². The molecule has 44 valence electrons. The summed E-state index contributed by atoms with van der Waals surface area (Å²) in [7, 11) is 0. The summed E-state index contributed by atoms with van der Waals surface area (Å²) < 4.78 is 0.426. The van der Waals surface area contributed by atoms with Crippen LogP contribution >= 0.6 is 0 Å². The first-order chi connectivity index (χ1) is 3.70. The summed E-state index contributed by atoms with van der Waals surface area (Å²) in [6, 6.07) is 1.03. The topological polar surface area (TPSA) is 65.6 Å². The molecule has 0 bridgehead atoms. The van der Waals surface area contributed by atoms with Crippen LogP contribution in [0, 0.1) is 0 Å².